The molecule has 1 aliphatic heterocycles. The molecule has 2 aromatic carbocycles. The van der Waals surface area contributed by atoms with E-state index in [9.17, 15) is 4.79 Å². The van der Waals surface area contributed by atoms with E-state index < -0.39 is 5.41 Å². The highest BCUT2D eigenvalue weighted by Gasteiger charge is 2.73. The second-order valence-corrected chi connectivity index (χ2v) is 9.28. The summed E-state index contributed by atoms with van der Waals surface area (Å²) in [6.07, 6.45) is 4.95. The number of hydrogen-bond donors (Lipinski definition) is 0. The van der Waals surface area contributed by atoms with Gasteiger partial charge in [0.2, 0.25) is 0 Å². The molecule has 0 unspecified atom stereocenters. The second kappa shape index (κ2) is 6.59. The fourth-order valence-corrected chi connectivity index (χ4v) is 7.41. The van der Waals surface area contributed by atoms with Crippen molar-refractivity contribution >= 4 is 17.5 Å². The van der Waals surface area contributed by atoms with Crippen LogP contribution in [0, 0.1) is 0 Å². The number of hydrogen-bond acceptors (Lipinski definition) is 3. The first-order valence-electron chi connectivity index (χ1n) is 10.0. The van der Waals surface area contributed by atoms with Gasteiger partial charge in [0.1, 0.15) is 0 Å². The number of fused-ring (bicyclic) bond motifs is 3. The summed E-state index contributed by atoms with van der Waals surface area (Å²) in [7, 11) is 0. The Labute approximate surface area is 170 Å². The quantitative estimate of drug-likeness (QED) is 0.502. The van der Waals surface area contributed by atoms with Crippen molar-refractivity contribution in [2.45, 2.75) is 47.2 Å². The molecule has 3 aromatic rings. The van der Waals surface area contributed by atoms with Gasteiger partial charge in [0.15, 0.2) is 5.78 Å². The third-order valence-corrected chi connectivity index (χ3v) is 8.14. The normalized spacial score (nSPS) is 27.5. The Morgan fingerprint density at radius 3 is 2.54 bits per heavy atom. The summed E-state index contributed by atoms with van der Waals surface area (Å²) in [5, 5.41) is 0. The van der Waals surface area contributed by atoms with Crippen molar-refractivity contribution in [3.8, 4) is 0 Å². The van der Waals surface area contributed by atoms with Crippen LogP contribution < -0.4 is 0 Å². The molecule has 1 saturated carbocycles. The van der Waals surface area contributed by atoms with Crippen molar-refractivity contribution in [1.82, 2.24) is 4.98 Å². The van der Waals surface area contributed by atoms with Crippen molar-refractivity contribution in [2.24, 2.45) is 0 Å². The van der Waals surface area contributed by atoms with Gasteiger partial charge in [0, 0.05) is 33.0 Å². The monoisotopic (exact) mass is 385 g/mol. The molecule has 2 aliphatic rings. The summed E-state index contributed by atoms with van der Waals surface area (Å²) in [6, 6.07) is 24.4. The zero-order chi connectivity index (χ0) is 19.2. The van der Waals surface area contributed by atoms with Crippen LogP contribution in [0.4, 0.5) is 0 Å². The number of nitrogens with zero attached hydrogens (tertiary/aromatic N) is 1. The molecule has 28 heavy (non-hydrogen) atoms. The highest BCUT2D eigenvalue weighted by Crippen LogP contribution is 2.75. The molecular formula is C25H23NOS. The summed E-state index contributed by atoms with van der Waals surface area (Å²) in [4.78, 5) is 20.2. The van der Waals surface area contributed by atoms with Crippen LogP contribution in [0.15, 0.2) is 83.9 Å². The Morgan fingerprint density at radius 1 is 1.04 bits per heavy atom. The largest absolute Gasteiger partial charge is 0.293 e. The third-order valence-electron chi connectivity index (χ3n) is 6.49. The maximum Gasteiger partial charge on any atom is 0.175 e. The van der Waals surface area contributed by atoms with Gasteiger partial charge in [0.05, 0.1) is 5.41 Å². The average molecular weight is 386 g/mol. The number of carbonyl (C=O) groups is 1. The van der Waals surface area contributed by atoms with E-state index in [4.69, 9.17) is 0 Å². The molecule has 3 atom stereocenters. The predicted octanol–water partition coefficient (Wildman–Crippen LogP) is 6.03. The van der Waals surface area contributed by atoms with Gasteiger partial charge >= 0.3 is 0 Å². The lowest BCUT2D eigenvalue weighted by Crippen LogP contribution is -2.65. The molecule has 2 nitrogen and oxygen atoms in total. The zero-order valence-electron chi connectivity index (χ0n) is 16.0. The number of thioether (sulfide) groups is 1. The van der Waals surface area contributed by atoms with Crippen LogP contribution in [0.5, 0.6) is 0 Å². The molecule has 0 N–H and O–H groups in total. The van der Waals surface area contributed by atoms with Gasteiger partial charge < -0.3 is 0 Å². The molecule has 1 aliphatic carbocycles. The Kier molecular flexibility index (Phi) is 4.17. The third kappa shape index (κ3) is 2.23. The molecule has 5 rings (SSSR count). The molecule has 0 saturated heterocycles. The van der Waals surface area contributed by atoms with E-state index in [0.717, 1.165) is 30.5 Å². The topological polar surface area (TPSA) is 30.0 Å². The molecule has 0 spiro atoms. The minimum atomic E-state index is -0.542. The molecule has 2 heterocycles. The van der Waals surface area contributed by atoms with Gasteiger partial charge in [-0.1, -0.05) is 67.9 Å². The van der Waals surface area contributed by atoms with E-state index in [1.165, 1.54) is 10.5 Å². The van der Waals surface area contributed by atoms with E-state index in [2.05, 4.69) is 42.2 Å². The first-order chi connectivity index (χ1) is 13.7. The summed E-state index contributed by atoms with van der Waals surface area (Å²) >= 11 is 1.93. The molecule has 0 bridgehead atoms. The molecule has 3 heteroatoms. The zero-order valence-corrected chi connectivity index (χ0v) is 16.8. The molecule has 0 amide bonds. The van der Waals surface area contributed by atoms with E-state index in [0.29, 0.717) is 0 Å². The van der Waals surface area contributed by atoms with Crippen LogP contribution in [0.2, 0.25) is 0 Å². The van der Waals surface area contributed by atoms with Crippen molar-refractivity contribution in [2.75, 3.05) is 0 Å². The predicted molar refractivity (Wildman–Crippen MR) is 114 cm³/mol. The van der Waals surface area contributed by atoms with Gasteiger partial charge in [-0.25, -0.2) is 0 Å². The first kappa shape index (κ1) is 17.7. The van der Waals surface area contributed by atoms with Crippen LogP contribution in [0.1, 0.15) is 53.7 Å². The van der Waals surface area contributed by atoms with Crippen molar-refractivity contribution in [1.29, 1.82) is 0 Å². The fraction of sp³-hybridized carbons (Fsp3) is 0.280. The Morgan fingerprint density at radius 2 is 1.79 bits per heavy atom. The van der Waals surface area contributed by atoms with Gasteiger partial charge in [0.25, 0.3) is 0 Å². The van der Waals surface area contributed by atoms with Gasteiger partial charge in [-0.05, 0) is 36.6 Å². The highest BCUT2D eigenvalue weighted by atomic mass is 32.2. The lowest BCUT2D eigenvalue weighted by Gasteiger charge is -2.59. The maximum absolute atomic E-state index is 14.2. The number of aromatic nitrogens is 1. The lowest BCUT2D eigenvalue weighted by molar-refractivity contribution is 0.0585. The minimum absolute atomic E-state index is 0.0828. The minimum Gasteiger partial charge on any atom is -0.293 e. The smallest absolute Gasteiger partial charge is 0.175 e. The van der Waals surface area contributed by atoms with E-state index in [1.807, 2.05) is 60.4 Å². The van der Waals surface area contributed by atoms with Crippen LogP contribution >= 0.6 is 11.8 Å². The van der Waals surface area contributed by atoms with Crippen LogP contribution in [-0.2, 0) is 5.41 Å². The molecule has 1 aromatic heterocycles. The number of ketones is 1. The summed E-state index contributed by atoms with van der Waals surface area (Å²) in [5.41, 5.74) is 2.50. The van der Waals surface area contributed by atoms with Crippen LogP contribution in [0.3, 0.4) is 0 Å². The summed E-state index contributed by atoms with van der Waals surface area (Å²) < 4.78 is -0.0828. The number of carbonyl (C=O) groups excluding carboxylic acids is 1. The van der Waals surface area contributed by atoms with E-state index in [1.54, 1.807) is 0 Å². The summed E-state index contributed by atoms with van der Waals surface area (Å²) in [5.74, 6) is 0.366. The number of benzene rings is 2. The Hall–Kier alpha value is -2.39. The highest BCUT2D eigenvalue weighted by molar-refractivity contribution is 8.01. The SMILES string of the molecule is CCC[C@]12C[C@H](c3ccccn3)[C@@]1(C(=O)c1ccccc1)c1ccccc1S2. The second-order valence-electron chi connectivity index (χ2n) is 7.86. The number of Topliss-reactive ketones (excluding diaryl/α,β-unsaturated/α-hetero) is 1. The van der Waals surface area contributed by atoms with Crippen LogP contribution in [0.25, 0.3) is 0 Å². The van der Waals surface area contributed by atoms with Crippen LogP contribution in [-0.4, -0.2) is 15.5 Å². The molecular weight excluding hydrogens is 362 g/mol. The van der Waals surface area contributed by atoms with Crippen molar-refractivity contribution < 1.29 is 4.79 Å². The lowest BCUT2D eigenvalue weighted by atomic mass is 9.45. The maximum atomic E-state index is 14.2. The average Bonchev–Trinajstić information content (AvgIpc) is 2.95. The van der Waals surface area contributed by atoms with Gasteiger partial charge in [-0.15, -0.1) is 11.8 Å². The Bertz CT molecular complexity index is 1020. The molecule has 1 fully saturated rings. The fourth-order valence-electron chi connectivity index (χ4n) is 5.44. The van der Waals surface area contributed by atoms with E-state index >= 15 is 0 Å². The molecule has 0 radical (unpaired) electrons. The standard InChI is InChI=1S/C25H23NOS/c1-2-15-24-17-20(21-13-8-9-16-26-21)25(24,19-12-6-7-14-22(19)28-24)23(27)18-10-4-3-5-11-18/h3-14,16,20H,2,15,17H2,1H3/t20-,24+,25-/m1/s1. The molecule has 140 valence electrons. The first-order valence-corrected chi connectivity index (χ1v) is 10.8. The van der Waals surface area contributed by atoms with E-state index in [-0.39, 0.29) is 16.4 Å². The summed E-state index contributed by atoms with van der Waals surface area (Å²) in [6.45, 7) is 2.23. The Balaban J connectivity index is 1.76. The number of rotatable bonds is 5. The van der Waals surface area contributed by atoms with Gasteiger partial charge in [-0.3, -0.25) is 9.78 Å². The number of pyridine rings is 1. The van der Waals surface area contributed by atoms with Crippen molar-refractivity contribution in [3.63, 3.8) is 0 Å². The van der Waals surface area contributed by atoms with Gasteiger partial charge in [-0.2, -0.15) is 0 Å². The van der Waals surface area contributed by atoms with Crippen molar-refractivity contribution in [3.05, 3.63) is 95.8 Å².